The summed E-state index contributed by atoms with van der Waals surface area (Å²) in [5.74, 6) is -4.23. The van der Waals surface area contributed by atoms with Gasteiger partial charge in [-0.1, -0.05) is 24.6 Å². The Morgan fingerprint density at radius 1 is 0.923 bits per heavy atom. The molecule has 4 atom stereocenters. The molecule has 2 aromatic rings. The summed E-state index contributed by atoms with van der Waals surface area (Å²) in [6, 6.07) is 2.70. The van der Waals surface area contributed by atoms with Gasteiger partial charge < -0.3 is 43.2 Å². The standard InChI is InChI=1S/C25H37N7O6S/c26-10-4-3-6-16(27)22(34)32-20(13-39)24(36)30-18(8-9-21(28)33)23(35)31-19(25(37)38)11-14-12-29-17-7-2-1-5-15(14)17/h1-2,5,7,12,16,18-20,29,39H,3-4,6,8-11,13,26-27H2,(H2,28,33)(H,30,36)(H,31,35)(H,32,34)(H,37,38). The Kier molecular flexibility index (Phi) is 12.7. The molecule has 14 heteroatoms. The summed E-state index contributed by atoms with van der Waals surface area (Å²) in [7, 11) is 0. The fourth-order valence-corrected chi connectivity index (χ4v) is 4.19. The molecule has 1 heterocycles. The maximum Gasteiger partial charge on any atom is 0.326 e. The summed E-state index contributed by atoms with van der Waals surface area (Å²) in [6.07, 6.45) is 2.92. The maximum atomic E-state index is 13.1. The first-order valence-electron chi connectivity index (χ1n) is 12.6. The lowest BCUT2D eigenvalue weighted by atomic mass is 10.0. The molecule has 0 spiro atoms. The van der Waals surface area contributed by atoms with E-state index in [1.54, 1.807) is 6.20 Å². The number of benzene rings is 1. The van der Waals surface area contributed by atoms with Crippen molar-refractivity contribution in [1.82, 2.24) is 20.9 Å². The Morgan fingerprint density at radius 2 is 1.56 bits per heavy atom. The van der Waals surface area contributed by atoms with Crippen LogP contribution in [0.25, 0.3) is 10.9 Å². The molecule has 0 radical (unpaired) electrons. The molecule has 11 N–H and O–H groups in total. The topological polar surface area (TPSA) is 236 Å². The molecule has 4 unspecified atom stereocenters. The van der Waals surface area contributed by atoms with Crippen LogP contribution in [0.15, 0.2) is 30.5 Å². The van der Waals surface area contributed by atoms with E-state index in [9.17, 15) is 29.1 Å². The minimum absolute atomic E-state index is 0.0288. The van der Waals surface area contributed by atoms with Gasteiger partial charge in [-0.3, -0.25) is 19.2 Å². The third-order valence-electron chi connectivity index (χ3n) is 6.15. The number of carboxylic acids is 1. The van der Waals surface area contributed by atoms with Crippen LogP contribution in [0.2, 0.25) is 0 Å². The zero-order valence-electron chi connectivity index (χ0n) is 21.5. The number of hydrogen-bond donors (Lipinski definition) is 9. The minimum Gasteiger partial charge on any atom is -0.480 e. The van der Waals surface area contributed by atoms with E-state index in [2.05, 4.69) is 33.6 Å². The van der Waals surface area contributed by atoms with Crippen molar-refractivity contribution in [2.75, 3.05) is 12.3 Å². The second kappa shape index (κ2) is 15.7. The predicted octanol–water partition coefficient (Wildman–Crippen LogP) is -1.10. The first kappa shape index (κ1) is 31.6. The van der Waals surface area contributed by atoms with Crippen molar-refractivity contribution in [3.05, 3.63) is 36.0 Å². The number of primary amides is 1. The summed E-state index contributed by atoms with van der Waals surface area (Å²) in [5, 5.41) is 18.0. The lowest BCUT2D eigenvalue weighted by Gasteiger charge is -2.24. The number of carbonyl (C=O) groups excluding carboxylic acids is 4. The van der Waals surface area contributed by atoms with Crippen LogP contribution in [0, 0.1) is 0 Å². The zero-order chi connectivity index (χ0) is 28.9. The van der Waals surface area contributed by atoms with E-state index in [0.29, 0.717) is 31.4 Å². The molecule has 0 fully saturated rings. The lowest BCUT2D eigenvalue weighted by molar-refractivity contribution is -0.142. The van der Waals surface area contributed by atoms with E-state index >= 15 is 0 Å². The van der Waals surface area contributed by atoms with Crippen molar-refractivity contribution in [2.24, 2.45) is 17.2 Å². The largest absolute Gasteiger partial charge is 0.480 e. The van der Waals surface area contributed by atoms with Crippen LogP contribution < -0.4 is 33.2 Å². The quantitative estimate of drug-likeness (QED) is 0.0844. The van der Waals surface area contributed by atoms with Crippen LogP contribution in [0.3, 0.4) is 0 Å². The Balaban J connectivity index is 2.10. The van der Waals surface area contributed by atoms with Crippen LogP contribution in [0.5, 0.6) is 0 Å². The number of unbranched alkanes of at least 4 members (excludes halogenated alkanes) is 1. The SMILES string of the molecule is NCCCCC(N)C(=O)NC(CS)C(=O)NC(CCC(N)=O)C(=O)NC(Cc1c[nH]c2ccccc12)C(=O)O. The molecule has 1 aromatic heterocycles. The van der Waals surface area contributed by atoms with Crippen molar-refractivity contribution < 1.29 is 29.1 Å². The molecule has 39 heavy (non-hydrogen) atoms. The van der Waals surface area contributed by atoms with Crippen LogP contribution in [0.1, 0.15) is 37.7 Å². The van der Waals surface area contributed by atoms with E-state index in [4.69, 9.17) is 17.2 Å². The van der Waals surface area contributed by atoms with Gasteiger partial charge in [-0.05, 0) is 37.4 Å². The van der Waals surface area contributed by atoms with Gasteiger partial charge in [0.15, 0.2) is 0 Å². The Hall–Kier alpha value is -3.62. The van der Waals surface area contributed by atoms with Gasteiger partial charge in [-0.25, -0.2) is 4.79 Å². The van der Waals surface area contributed by atoms with E-state index in [1.807, 2.05) is 24.3 Å². The number of nitrogens with one attached hydrogen (secondary N) is 4. The number of nitrogens with two attached hydrogens (primary N) is 3. The van der Waals surface area contributed by atoms with E-state index in [-0.39, 0.29) is 25.0 Å². The highest BCUT2D eigenvalue weighted by Gasteiger charge is 2.30. The van der Waals surface area contributed by atoms with Gasteiger partial charge >= 0.3 is 5.97 Å². The molecule has 2 rings (SSSR count). The molecule has 1 aromatic carbocycles. The van der Waals surface area contributed by atoms with Gasteiger partial charge in [0.2, 0.25) is 23.6 Å². The molecule has 0 aliphatic carbocycles. The number of H-pyrrole nitrogens is 1. The summed E-state index contributed by atoms with van der Waals surface area (Å²) in [4.78, 5) is 64.9. The maximum absolute atomic E-state index is 13.1. The number of rotatable bonds is 17. The van der Waals surface area contributed by atoms with Crippen molar-refractivity contribution in [1.29, 1.82) is 0 Å². The fourth-order valence-electron chi connectivity index (χ4n) is 3.93. The molecule has 4 amide bonds. The third kappa shape index (κ3) is 9.89. The lowest BCUT2D eigenvalue weighted by Crippen LogP contribution is -2.57. The summed E-state index contributed by atoms with van der Waals surface area (Å²) >= 11 is 4.12. The van der Waals surface area contributed by atoms with Crippen molar-refractivity contribution >= 4 is 53.1 Å². The molecule has 214 valence electrons. The molecular formula is C25H37N7O6S. The Labute approximate surface area is 231 Å². The predicted molar refractivity (Wildman–Crippen MR) is 149 cm³/mol. The highest BCUT2D eigenvalue weighted by atomic mass is 32.1. The summed E-state index contributed by atoms with van der Waals surface area (Å²) in [5.41, 5.74) is 18.0. The average molecular weight is 564 g/mol. The van der Waals surface area contributed by atoms with E-state index in [0.717, 1.165) is 10.9 Å². The number of fused-ring (bicyclic) bond motifs is 1. The summed E-state index contributed by atoms with van der Waals surface area (Å²) < 4.78 is 0. The van der Waals surface area contributed by atoms with Crippen LogP contribution in [-0.2, 0) is 30.4 Å². The number of hydrogen-bond acceptors (Lipinski definition) is 8. The monoisotopic (exact) mass is 563 g/mol. The third-order valence-corrected chi connectivity index (χ3v) is 6.51. The van der Waals surface area contributed by atoms with Crippen LogP contribution in [-0.4, -0.2) is 76.2 Å². The number of amides is 4. The van der Waals surface area contributed by atoms with E-state index in [1.165, 1.54) is 0 Å². The van der Waals surface area contributed by atoms with E-state index < -0.39 is 53.8 Å². The molecule has 13 nitrogen and oxygen atoms in total. The number of aromatic amines is 1. The molecular weight excluding hydrogens is 526 g/mol. The van der Waals surface area contributed by atoms with Crippen molar-refractivity contribution in [3.63, 3.8) is 0 Å². The number of aliphatic carboxylic acids is 1. The number of carbonyl (C=O) groups is 5. The fraction of sp³-hybridized carbons (Fsp3) is 0.480. The highest BCUT2D eigenvalue weighted by Crippen LogP contribution is 2.19. The van der Waals surface area contributed by atoms with Gasteiger partial charge in [0.25, 0.3) is 0 Å². The normalized spacial score (nSPS) is 14.1. The molecule has 0 saturated heterocycles. The van der Waals surface area contributed by atoms with Crippen molar-refractivity contribution in [2.45, 2.75) is 62.7 Å². The summed E-state index contributed by atoms with van der Waals surface area (Å²) in [6.45, 7) is 0.468. The second-order valence-corrected chi connectivity index (χ2v) is 9.53. The van der Waals surface area contributed by atoms with Gasteiger partial charge in [0.05, 0.1) is 6.04 Å². The van der Waals surface area contributed by atoms with Gasteiger partial charge in [-0.2, -0.15) is 12.6 Å². The minimum atomic E-state index is -1.32. The average Bonchev–Trinajstić information content (AvgIpc) is 3.31. The number of aromatic nitrogens is 1. The Morgan fingerprint density at radius 3 is 2.21 bits per heavy atom. The molecule has 0 bridgehead atoms. The first-order valence-corrected chi connectivity index (χ1v) is 13.2. The molecule has 0 saturated carbocycles. The number of para-hydroxylation sites is 1. The Bertz CT molecular complexity index is 1160. The van der Waals surface area contributed by atoms with Crippen LogP contribution in [0.4, 0.5) is 0 Å². The highest BCUT2D eigenvalue weighted by molar-refractivity contribution is 7.80. The van der Waals surface area contributed by atoms with Gasteiger partial charge in [0.1, 0.15) is 18.1 Å². The van der Waals surface area contributed by atoms with Gasteiger partial charge in [0, 0.05) is 35.7 Å². The van der Waals surface area contributed by atoms with Crippen molar-refractivity contribution in [3.8, 4) is 0 Å². The van der Waals surface area contributed by atoms with Gasteiger partial charge in [-0.15, -0.1) is 0 Å². The first-order chi connectivity index (χ1) is 18.6. The second-order valence-electron chi connectivity index (χ2n) is 9.16. The smallest absolute Gasteiger partial charge is 0.326 e. The number of carboxylic acid groups (broad SMARTS) is 1. The molecule has 0 aliphatic rings. The molecule has 0 aliphatic heterocycles. The number of thiol groups is 1. The zero-order valence-corrected chi connectivity index (χ0v) is 22.4. The van der Waals surface area contributed by atoms with Crippen LogP contribution >= 0.6 is 12.6 Å².